The van der Waals surface area contributed by atoms with E-state index in [0.717, 1.165) is 48.0 Å². The molecule has 0 spiro atoms. The lowest BCUT2D eigenvalue weighted by Gasteiger charge is -2.35. The Hall–Kier alpha value is -3.32. The molecular formula is C26H31N3O4. The summed E-state index contributed by atoms with van der Waals surface area (Å²) in [4.78, 5) is 21.4. The molecule has 1 amide bonds. The Morgan fingerprint density at radius 2 is 1.79 bits per heavy atom. The van der Waals surface area contributed by atoms with Crippen molar-refractivity contribution in [3.05, 3.63) is 65.7 Å². The molecule has 1 aromatic heterocycles. The average molecular weight is 450 g/mol. The molecule has 0 saturated carbocycles. The van der Waals surface area contributed by atoms with Crippen LogP contribution >= 0.6 is 0 Å². The second kappa shape index (κ2) is 10.5. The highest BCUT2D eigenvalue weighted by Gasteiger charge is 2.22. The first-order chi connectivity index (χ1) is 16.1. The van der Waals surface area contributed by atoms with Gasteiger partial charge in [0.05, 0.1) is 20.4 Å². The largest absolute Gasteiger partial charge is 0.497 e. The van der Waals surface area contributed by atoms with Gasteiger partial charge in [0.15, 0.2) is 11.7 Å². The normalized spacial score (nSPS) is 14.3. The molecule has 1 fully saturated rings. The zero-order valence-corrected chi connectivity index (χ0v) is 19.5. The van der Waals surface area contributed by atoms with E-state index < -0.39 is 0 Å². The number of piperazine rings is 1. The molecule has 0 aliphatic carbocycles. The van der Waals surface area contributed by atoms with Crippen LogP contribution in [-0.2, 0) is 17.8 Å². The summed E-state index contributed by atoms with van der Waals surface area (Å²) in [5.74, 6) is 3.15. The fraction of sp³-hybridized carbons (Fsp3) is 0.385. The van der Waals surface area contributed by atoms with Crippen LogP contribution in [0.3, 0.4) is 0 Å². The molecular weight excluding hydrogens is 418 g/mol. The number of amides is 1. The Bertz CT molecular complexity index is 1070. The third-order valence-corrected chi connectivity index (χ3v) is 6.05. The first kappa shape index (κ1) is 22.9. The van der Waals surface area contributed by atoms with Crippen molar-refractivity contribution < 1.29 is 18.7 Å². The summed E-state index contributed by atoms with van der Waals surface area (Å²) in [6.45, 7) is 5.89. The zero-order chi connectivity index (χ0) is 23.2. The molecule has 0 unspecified atom stereocenters. The minimum atomic E-state index is 0.142. The minimum Gasteiger partial charge on any atom is -0.497 e. The molecule has 1 aliphatic rings. The quantitative estimate of drug-likeness (QED) is 0.519. The SMILES string of the molecule is COc1ccc(OC)c(CN2CCN(C(=O)CCc3ncc(-c4ccc(C)cc4)o3)CC2)c1. The standard InChI is InChI=1S/C26H31N3O4/c1-19-4-6-20(7-5-19)24-17-27-25(33-24)10-11-26(30)29-14-12-28(13-15-29)18-21-16-22(31-2)8-9-23(21)32-3/h4-9,16-17H,10-15,18H2,1-3H3. The maximum Gasteiger partial charge on any atom is 0.223 e. The van der Waals surface area contributed by atoms with E-state index in [1.807, 2.05) is 47.4 Å². The predicted molar refractivity (Wildman–Crippen MR) is 126 cm³/mol. The van der Waals surface area contributed by atoms with Crippen molar-refractivity contribution in [3.8, 4) is 22.8 Å². The second-order valence-electron chi connectivity index (χ2n) is 8.32. The van der Waals surface area contributed by atoms with Gasteiger partial charge in [-0.25, -0.2) is 4.98 Å². The van der Waals surface area contributed by atoms with Crippen LogP contribution in [0.1, 0.15) is 23.4 Å². The van der Waals surface area contributed by atoms with Crippen molar-refractivity contribution >= 4 is 5.91 Å². The predicted octanol–water partition coefficient (Wildman–Crippen LogP) is 3.94. The summed E-state index contributed by atoms with van der Waals surface area (Å²) in [7, 11) is 3.34. The van der Waals surface area contributed by atoms with Crippen LogP contribution in [0, 0.1) is 6.92 Å². The van der Waals surface area contributed by atoms with Crippen LogP contribution in [0.15, 0.2) is 53.1 Å². The lowest BCUT2D eigenvalue weighted by atomic mass is 10.1. The van der Waals surface area contributed by atoms with Gasteiger partial charge in [0.2, 0.25) is 5.91 Å². The van der Waals surface area contributed by atoms with Gasteiger partial charge in [0.1, 0.15) is 11.5 Å². The minimum absolute atomic E-state index is 0.142. The smallest absolute Gasteiger partial charge is 0.223 e. The maximum absolute atomic E-state index is 12.7. The molecule has 0 radical (unpaired) electrons. The Kier molecular flexibility index (Phi) is 7.29. The third kappa shape index (κ3) is 5.73. The van der Waals surface area contributed by atoms with Gasteiger partial charge in [0.25, 0.3) is 0 Å². The Morgan fingerprint density at radius 3 is 2.48 bits per heavy atom. The molecule has 7 nitrogen and oxygen atoms in total. The number of benzene rings is 2. The number of carbonyl (C=O) groups is 1. The molecule has 1 saturated heterocycles. The number of aromatic nitrogens is 1. The van der Waals surface area contributed by atoms with Crippen LogP contribution < -0.4 is 9.47 Å². The summed E-state index contributed by atoms with van der Waals surface area (Å²) in [5.41, 5.74) is 3.28. The fourth-order valence-electron chi connectivity index (χ4n) is 4.05. The van der Waals surface area contributed by atoms with Crippen LogP contribution in [-0.4, -0.2) is 61.1 Å². The number of methoxy groups -OCH3 is 2. The Labute approximate surface area is 194 Å². The molecule has 7 heteroatoms. The summed E-state index contributed by atoms with van der Waals surface area (Å²) in [6, 6.07) is 14.0. The molecule has 174 valence electrons. The van der Waals surface area contributed by atoms with E-state index in [-0.39, 0.29) is 5.91 Å². The monoisotopic (exact) mass is 449 g/mol. The Morgan fingerprint density at radius 1 is 1.03 bits per heavy atom. The molecule has 4 rings (SSSR count). The fourth-order valence-corrected chi connectivity index (χ4v) is 4.05. The molecule has 2 aromatic carbocycles. The molecule has 0 atom stereocenters. The van der Waals surface area contributed by atoms with Gasteiger partial charge in [-0.3, -0.25) is 9.69 Å². The number of carbonyl (C=O) groups excluding carboxylic acids is 1. The molecule has 0 bridgehead atoms. The van der Waals surface area contributed by atoms with Gasteiger partial charge in [-0.1, -0.05) is 29.8 Å². The number of rotatable bonds is 8. The average Bonchev–Trinajstić information content (AvgIpc) is 3.32. The first-order valence-electron chi connectivity index (χ1n) is 11.3. The van der Waals surface area contributed by atoms with Gasteiger partial charge in [-0.05, 0) is 25.1 Å². The molecule has 0 N–H and O–H groups in total. The zero-order valence-electron chi connectivity index (χ0n) is 19.5. The van der Waals surface area contributed by atoms with E-state index in [4.69, 9.17) is 13.9 Å². The third-order valence-electron chi connectivity index (χ3n) is 6.05. The van der Waals surface area contributed by atoms with Crippen molar-refractivity contribution in [2.45, 2.75) is 26.3 Å². The second-order valence-corrected chi connectivity index (χ2v) is 8.32. The van der Waals surface area contributed by atoms with Gasteiger partial charge >= 0.3 is 0 Å². The van der Waals surface area contributed by atoms with E-state index in [1.54, 1.807) is 20.4 Å². The molecule has 3 aromatic rings. The van der Waals surface area contributed by atoms with E-state index in [1.165, 1.54) is 5.56 Å². The van der Waals surface area contributed by atoms with Crippen LogP contribution in [0.2, 0.25) is 0 Å². The van der Waals surface area contributed by atoms with Crippen LogP contribution in [0.25, 0.3) is 11.3 Å². The van der Waals surface area contributed by atoms with Crippen LogP contribution in [0.5, 0.6) is 11.5 Å². The summed E-state index contributed by atoms with van der Waals surface area (Å²) in [5, 5.41) is 0. The summed E-state index contributed by atoms with van der Waals surface area (Å²) < 4.78 is 16.7. The number of oxazole rings is 1. The lowest BCUT2D eigenvalue weighted by Crippen LogP contribution is -2.48. The van der Waals surface area contributed by atoms with Crippen molar-refractivity contribution in [3.63, 3.8) is 0 Å². The summed E-state index contributed by atoms with van der Waals surface area (Å²) in [6.07, 6.45) is 2.64. The highest BCUT2D eigenvalue weighted by Crippen LogP contribution is 2.26. The van der Waals surface area contributed by atoms with Gasteiger partial charge in [-0.15, -0.1) is 0 Å². The molecule has 1 aliphatic heterocycles. The molecule has 33 heavy (non-hydrogen) atoms. The van der Waals surface area contributed by atoms with Gasteiger partial charge in [0, 0.05) is 56.7 Å². The summed E-state index contributed by atoms with van der Waals surface area (Å²) >= 11 is 0. The lowest BCUT2D eigenvalue weighted by molar-refractivity contribution is -0.133. The van der Waals surface area contributed by atoms with Gasteiger partial charge < -0.3 is 18.8 Å². The van der Waals surface area contributed by atoms with E-state index in [2.05, 4.69) is 16.8 Å². The number of nitrogens with zero attached hydrogens (tertiary/aromatic N) is 3. The number of hydrogen-bond acceptors (Lipinski definition) is 6. The van der Waals surface area contributed by atoms with Crippen molar-refractivity contribution in [2.24, 2.45) is 0 Å². The van der Waals surface area contributed by atoms with Crippen molar-refractivity contribution in [2.75, 3.05) is 40.4 Å². The highest BCUT2D eigenvalue weighted by molar-refractivity contribution is 5.76. The first-order valence-corrected chi connectivity index (χ1v) is 11.3. The number of aryl methyl sites for hydroxylation is 2. The van der Waals surface area contributed by atoms with Crippen molar-refractivity contribution in [1.29, 1.82) is 0 Å². The molecule has 2 heterocycles. The van der Waals surface area contributed by atoms with E-state index >= 15 is 0 Å². The Balaban J connectivity index is 1.26. The van der Waals surface area contributed by atoms with Gasteiger partial charge in [-0.2, -0.15) is 0 Å². The number of ether oxygens (including phenoxy) is 2. The van der Waals surface area contributed by atoms with Crippen LogP contribution in [0.4, 0.5) is 0 Å². The number of hydrogen-bond donors (Lipinski definition) is 0. The van der Waals surface area contributed by atoms with E-state index in [0.29, 0.717) is 31.8 Å². The van der Waals surface area contributed by atoms with Crippen molar-refractivity contribution in [1.82, 2.24) is 14.8 Å². The highest BCUT2D eigenvalue weighted by atomic mass is 16.5. The van der Waals surface area contributed by atoms with E-state index in [9.17, 15) is 4.79 Å². The maximum atomic E-state index is 12.7. The topological polar surface area (TPSA) is 68.0 Å².